The summed E-state index contributed by atoms with van der Waals surface area (Å²) in [6.45, 7) is -0.0352. The Labute approximate surface area is 138 Å². The number of thiophene rings is 1. The fraction of sp³-hybridized carbons (Fsp3) is 0.286. The molecule has 1 aromatic carbocycles. The third-order valence-electron chi connectivity index (χ3n) is 3.13. The van der Waals surface area contributed by atoms with Gasteiger partial charge >= 0.3 is 0 Å². The van der Waals surface area contributed by atoms with Gasteiger partial charge in [0.25, 0.3) is 0 Å². The van der Waals surface area contributed by atoms with Crippen molar-refractivity contribution in [1.82, 2.24) is 4.31 Å². The number of nitrogens with zero attached hydrogens (tertiary/aromatic N) is 1. The highest BCUT2D eigenvalue weighted by Crippen LogP contribution is 2.29. The van der Waals surface area contributed by atoms with Gasteiger partial charge in [-0.3, -0.25) is 0 Å². The summed E-state index contributed by atoms with van der Waals surface area (Å²) in [7, 11) is -0.856. The molecular weight excluding hydrogens is 346 g/mol. The molecule has 0 spiro atoms. The van der Waals surface area contributed by atoms with E-state index in [1.165, 1.54) is 43.7 Å². The van der Waals surface area contributed by atoms with Crippen molar-refractivity contribution in [1.29, 1.82) is 0 Å². The number of benzene rings is 1. The van der Waals surface area contributed by atoms with Crippen LogP contribution in [0.25, 0.3) is 0 Å². The Balaban J connectivity index is 2.20. The van der Waals surface area contributed by atoms with Crippen molar-refractivity contribution in [2.45, 2.75) is 11.0 Å². The number of ether oxygens (including phenoxy) is 1. The van der Waals surface area contributed by atoms with E-state index in [4.69, 9.17) is 16.3 Å². The average molecular weight is 362 g/mol. The number of hydrogen-bond donors (Lipinski definition) is 1. The van der Waals surface area contributed by atoms with Gasteiger partial charge in [0.2, 0.25) is 10.0 Å². The zero-order chi connectivity index (χ0) is 16.3. The van der Waals surface area contributed by atoms with Gasteiger partial charge in [-0.1, -0.05) is 17.7 Å². The number of aliphatic hydroxyl groups is 1. The lowest BCUT2D eigenvalue weighted by atomic mass is 10.3. The summed E-state index contributed by atoms with van der Waals surface area (Å²) in [6, 6.07) is 7.83. The maximum Gasteiger partial charge on any atom is 0.242 e. The lowest BCUT2D eigenvalue weighted by Crippen LogP contribution is -2.31. The highest BCUT2D eigenvalue weighted by molar-refractivity contribution is 7.89. The predicted molar refractivity (Wildman–Crippen MR) is 87.1 cm³/mol. The molecule has 5 nitrogen and oxygen atoms in total. The van der Waals surface area contributed by atoms with Crippen LogP contribution in [0.1, 0.15) is 11.0 Å². The van der Waals surface area contributed by atoms with E-state index in [1.807, 2.05) is 5.38 Å². The number of aliphatic hydroxyl groups excluding tert-OH is 1. The lowest BCUT2D eigenvalue weighted by molar-refractivity contribution is 0.158. The van der Waals surface area contributed by atoms with Gasteiger partial charge in [-0.25, -0.2) is 8.42 Å². The van der Waals surface area contributed by atoms with E-state index in [1.54, 1.807) is 12.1 Å². The Morgan fingerprint density at radius 3 is 2.68 bits per heavy atom. The largest absolute Gasteiger partial charge is 0.495 e. The molecule has 1 unspecified atom stereocenters. The summed E-state index contributed by atoms with van der Waals surface area (Å²) in [6.07, 6.45) is -0.867. The van der Waals surface area contributed by atoms with Crippen molar-refractivity contribution in [2.75, 3.05) is 20.7 Å². The van der Waals surface area contributed by atoms with Crippen LogP contribution in [-0.2, 0) is 10.0 Å². The minimum atomic E-state index is -3.73. The molecule has 0 aliphatic carbocycles. The molecule has 2 rings (SSSR count). The summed E-state index contributed by atoms with van der Waals surface area (Å²) in [5.41, 5.74) is 0. The van der Waals surface area contributed by atoms with Gasteiger partial charge in [0.1, 0.15) is 11.9 Å². The summed E-state index contributed by atoms with van der Waals surface area (Å²) in [5, 5.41) is 12.1. The fourth-order valence-electron chi connectivity index (χ4n) is 1.90. The summed E-state index contributed by atoms with van der Waals surface area (Å²) < 4.78 is 31.1. The molecule has 0 aliphatic heterocycles. The normalized spacial score (nSPS) is 13.3. The Kier molecular flexibility index (Phi) is 5.46. The Morgan fingerprint density at radius 2 is 2.14 bits per heavy atom. The molecule has 0 amide bonds. The maximum absolute atomic E-state index is 12.5. The second kappa shape index (κ2) is 6.97. The summed E-state index contributed by atoms with van der Waals surface area (Å²) in [5.74, 6) is 0.405. The van der Waals surface area contributed by atoms with E-state index in [-0.39, 0.29) is 16.5 Å². The van der Waals surface area contributed by atoms with Crippen LogP contribution in [0.2, 0.25) is 5.02 Å². The van der Waals surface area contributed by atoms with Crippen molar-refractivity contribution < 1.29 is 18.3 Å². The molecule has 2 aromatic rings. The summed E-state index contributed by atoms with van der Waals surface area (Å²) >= 11 is 7.35. The van der Waals surface area contributed by atoms with E-state index in [0.717, 1.165) is 9.18 Å². The van der Waals surface area contributed by atoms with Crippen molar-refractivity contribution in [2.24, 2.45) is 0 Å². The first-order valence-electron chi connectivity index (χ1n) is 6.37. The van der Waals surface area contributed by atoms with Gasteiger partial charge in [-0.05, 0) is 29.6 Å². The fourth-order valence-corrected chi connectivity index (χ4v) is 4.13. The molecule has 8 heteroatoms. The third kappa shape index (κ3) is 3.61. The number of likely N-dealkylation sites (N-methyl/N-ethyl adjacent to an activating group) is 1. The topological polar surface area (TPSA) is 66.8 Å². The predicted octanol–water partition coefficient (Wildman–Crippen LogP) is 2.76. The second-order valence-electron chi connectivity index (χ2n) is 4.61. The number of rotatable bonds is 6. The number of hydrogen-bond acceptors (Lipinski definition) is 5. The molecule has 0 fully saturated rings. The molecule has 0 bridgehead atoms. The van der Waals surface area contributed by atoms with Gasteiger partial charge < -0.3 is 9.84 Å². The molecule has 1 heterocycles. The first kappa shape index (κ1) is 17.2. The number of halogens is 1. The Morgan fingerprint density at radius 1 is 1.41 bits per heavy atom. The van der Waals surface area contributed by atoms with E-state index in [9.17, 15) is 13.5 Å². The molecule has 0 saturated carbocycles. The van der Waals surface area contributed by atoms with Crippen molar-refractivity contribution in [3.63, 3.8) is 0 Å². The van der Waals surface area contributed by atoms with Crippen LogP contribution in [0.4, 0.5) is 0 Å². The zero-order valence-corrected chi connectivity index (χ0v) is 14.5. The molecule has 1 atom stereocenters. The standard InChI is InChI=1S/C14H16ClNO4S2/c1-16(9-12(17)14-4-3-7-21-14)22(18,19)10-5-6-13(20-2)11(15)8-10/h3-8,12,17H,9H2,1-2H3. The molecular formula is C14H16ClNO4S2. The van der Waals surface area contributed by atoms with Crippen molar-refractivity contribution >= 4 is 33.0 Å². The minimum Gasteiger partial charge on any atom is -0.495 e. The first-order valence-corrected chi connectivity index (χ1v) is 9.07. The van der Waals surface area contributed by atoms with Crippen LogP contribution in [0.3, 0.4) is 0 Å². The second-order valence-corrected chi connectivity index (χ2v) is 8.04. The van der Waals surface area contributed by atoms with E-state index >= 15 is 0 Å². The SMILES string of the molecule is COc1ccc(S(=O)(=O)N(C)CC(O)c2cccs2)cc1Cl. The zero-order valence-electron chi connectivity index (χ0n) is 12.1. The highest BCUT2D eigenvalue weighted by Gasteiger charge is 2.24. The van der Waals surface area contributed by atoms with Gasteiger partial charge in [0, 0.05) is 18.5 Å². The van der Waals surface area contributed by atoms with Crippen molar-refractivity contribution in [3.8, 4) is 5.75 Å². The first-order chi connectivity index (χ1) is 10.4. The molecule has 0 saturated heterocycles. The molecule has 1 N–H and O–H groups in total. The third-order valence-corrected chi connectivity index (χ3v) is 6.22. The summed E-state index contributed by atoms with van der Waals surface area (Å²) in [4.78, 5) is 0.772. The van der Waals surface area contributed by atoms with Crippen molar-refractivity contribution in [3.05, 3.63) is 45.6 Å². The lowest BCUT2D eigenvalue weighted by Gasteiger charge is -2.20. The maximum atomic E-state index is 12.5. The monoisotopic (exact) mass is 361 g/mol. The van der Waals surface area contributed by atoms with Crippen LogP contribution >= 0.6 is 22.9 Å². The van der Waals surface area contributed by atoms with E-state index < -0.39 is 16.1 Å². The number of methoxy groups -OCH3 is 1. The van der Waals surface area contributed by atoms with E-state index in [0.29, 0.717) is 5.75 Å². The van der Waals surface area contributed by atoms with Crippen LogP contribution in [0.5, 0.6) is 5.75 Å². The van der Waals surface area contributed by atoms with Gasteiger partial charge in [-0.15, -0.1) is 11.3 Å². The van der Waals surface area contributed by atoms with Gasteiger partial charge in [-0.2, -0.15) is 4.31 Å². The van der Waals surface area contributed by atoms with Crippen LogP contribution in [-0.4, -0.2) is 38.5 Å². The molecule has 0 radical (unpaired) electrons. The molecule has 22 heavy (non-hydrogen) atoms. The van der Waals surface area contributed by atoms with Crippen LogP contribution < -0.4 is 4.74 Å². The minimum absolute atomic E-state index is 0.0352. The Hall–Kier alpha value is -1.12. The average Bonchev–Trinajstić information content (AvgIpc) is 3.01. The number of sulfonamides is 1. The van der Waals surface area contributed by atoms with Crippen LogP contribution in [0.15, 0.2) is 40.6 Å². The Bertz CT molecular complexity index is 731. The van der Waals surface area contributed by atoms with Gasteiger partial charge in [0.15, 0.2) is 0 Å². The van der Waals surface area contributed by atoms with Crippen LogP contribution in [0, 0.1) is 0 Å². The quantitative estimate of drug-likeness (QED) is 0.859. The molecule has 0 aliphatic rings. The highest BCUT2D eigenvalue weighted by atomic mass is 35.5. The molecule has 120 valence electrons. The van der Waals surface area contributed by atoms with Gasteiger partial charge in [0.05, 0.1) is 17.0 Å². The molecule has 1 aromatic heterocycles. The van der Waals surface area contributed by atoms with E-state index in [2.05, 4.69) is 0 Å². The smallest absolute Gasteiger partial charge is 0.242 e.